The van der Waals surface area contributed by atoms with Gasteiger partial charge in [0.1, 0.15) is 5.76 Å². The Morgan fingerprint density at radius 1 is 1.57 bits per heavy atom. The third-order valence-corrected chi connectivity index (χ3v) is 3.20. The van der Waals surface area contributed by atoms with E-state index in [4.69, 9.17) is 4.42 Å². The Bertz CT molecular complexity index is 406. The van der Waals surface area contributed by atoms with Crippen LogP contribution in [0.4, 0.5) is 5.13 Å². The summed E-state index contributed by atoms with van der Waals surface area (Å²) < 4.78 is 5.29. The first kappa shape index (κ1) is 9.27. The Morgan fingerprint density at radius 2 is 2.43 bits per heavy atom. The first-order chi connectivity index (χ1) is 6.79. The number of hydrogen-bond acceptors (Lipinski definition) is 4. The maximum Gasteiger partial charge on any atom is 0.182 e. The number of hydrogen-bond donors (Lipinski definition) is 1. The molecule has 0 amide bonds. The lowest BCUT2D eigenvalue weighted by Gasteiger charge is -1.93. The molecular formula is C10H12N2OS. The Balaban J connectivity index is 2.20. The quantitative estimate of drug-likeness (QED) is 0.842. The molecule has 2 rings (SSSR count). The molecule has 0 spiro atoms. The minimum atomic E-state index is 0.832. The van der Waals surface area contributed by atoms with Crippen molar-refractivity contribution in [1.82, 2.24) is 4.98 Å². The van der Waals surface area contributed by atoms with Crippen molar-refractivity contribution in [2.24, 2.45) is 0 Å². The molecule has 14 heavy (non-hydrogen) atoms. The zero-order valence-electron chi connectivity index (χ0n) is 8.20. The summed E-state index contributed by atoms with van der Waals surface area (Å²) in [6.07, 6.45) is 2.53. The van der Waals surface area contributed by atoms with Crippen LogP contribution < -0.4 is 5.32 Å². The van der Waals surface area contributed by atoms with E-state index in [0.717, 1.165) is 23.0 Å². The second kappa shape index (κ2) is 3.84. The highest BCUT2D eigenvalue weighted by Crippen LogP contribution is 2.24. The number of rotatable bonds is 3. The van der Waals surface area contributed by atoms with Crippen LogP contribution in [0.2, 0.25) is 0 Å². The summed E-state index contributed by atoms with van der Waals surface area (Å²) in [4.78, 5) is 5.63. The van der Waals surface area contributed by atoms with Crippen LogP contribution >= 0.6 is 11.3 Å². The molecule has 0 fully saturated rings. The molecule has 0 aliphatic rings. The van der Waals surface area contributed by atoms with Gasteiger partial charge < -0.3 is 9.73 Å². The molecule has 3 nitrogen and oxygen atoms in total. The Labute approximate surface area is 86.8 Å². The predicted molar refractivity (Wildman–Crippen MR) is 57.9 cm³/mol. The van der Waals surface area contributed by atoms with E-state index in [9.17, 15) is 0 Å². The maximum atomic E-state index is 5.29. The zero-order chi connectivity index (χ0) is 9.97. The lowest BCUT2D eigenvalue weighted by molar-refractivity contribution is 0.521. The van der Waals surface area contributed by atoms with Crippen LogP contribution in [-0.4, -0.2) is 12.0 Å². The number of thiazole rings is 1. The highest BCUT2D eigenvalue weighted by atomic mass is 32.1. The molecule has 0 aliphatic heterocycles. The molecule has 4 heteroatoms. The molecule has 0 aliphatic carbocycles. The van der Waals surface area contributed by atoms with Gasteiger partial charge in [0.05, 0.1) is 12.0 Å². The van der Waals surface area contributed by atoms with E-state index in [1.807, 2.05) is 26.1 Å². The summed E-state index contributed by atoms with van der Waals surface area (Å²) in [5.74, 6) is 0.986. The fraction of sp³-hybridized carbons (Fsp3) is 0.300. The van der Waals surface area contributed by atoms with E-state index < -0.39 is 0 Å². The Kier molecular flexibility index (Phi) is 2.54. The number of furan rings is 1. The van der Waals surface area contributed by atoms with Crippen molar-refractivity contribution in [3.8, 4) is 0 Å². The average molecular weight is 208 g/mol. The molecule has 1 N–H and O–H groups in total. The van der Waals surface area contributed by atoms with Crippen LogP contribution in [0.25, 0.3) is 0 Å². The van der Waals surface area contributed by atoms with Gasteiger partial charge in [0.25, 0.3) is 0 Å². The molecule has 0 aromatic carbocycles. The molecule has 2 aromatic rings. The smallest absolute Gasteiger partial charge is 0.182 e. The van der Waals surface area contributed by atoms with Crippen molar-refractivity contribution < 1.29 is 4.42 Å². The van der Waals surface area contributed by atoms with Gasteiger partial charge in [0, 0.05) is 18.3 Å². The van der Waals surface area contributed by atoms with E-state index in [0.29, 0.717) is 0 Å². The van der Waals surface area contributed by atoms with Crippen LogP contribution in [0.1, 0.15) is 16.3 Å². The normalized spacial score (nSPS) is 10.4. The van der Waals surface area contributed by atoms with Crippen molar-refractivity contribution >= 4 is 16.5 Å². The summed E-state index contributed by atoms with van der Waals surface area (Å²) in [6, 6.07) is 3.89. The highest BCUT2D eigenvalue weighted by molar-refractivity contribution is 7.15. The fourth-order valence-electron chi connectivity index (χ4n) is 1.27. The third kappa shape index (κ3) is 1.80. The van der Waals surface area contributed by atoms with Gasteiger partial charge >= 0.3 is 0 Å². The van der Waals surface area contributed by atoms with Crippen LogP contribution in [0, 0.1) is 6.92 Å². The van der Waals surface area contributed by atoms with E-state index in [1.165, 1.54) is 4.88 Å². The maximum absolute atomic E-state index is 5.29. The molecule has 74 valence electrons. The number of anilines is 1. The van der Waals surface area contributed by atoms with Gasteiger partial charge in [-0.1, -0.05) is 0 Å². The number of aromatic nitrogens is 1. The second-order valence-electron chi connectivity index (χ2n) is 3.03. The number of aryl methyl sites for hydroxylation is 1. The van der Waals surface area contributed by atoms with Crippen molar-refractivity contribution in [2.45, 2.75) is 13.3 Å². The monoisotopic (exact) mass is 208 g/mol. The van der Waals surface area contributed by atoms with E-state index in [1.54, 1.807) is 17.6 Å². The molecule has 2 aromatic heterocycles. The summed E-state index contributed by atoms with van der Waals surface area (Å²) >= 11 is 1.68. The van der Waals surface area contributed by atoms with Crippen molar-refractivity contribution in [1.29, 1.82) is 0 Å². The molecule has 0 saturated carbocycles. The Morgan fingerprint density at radius 3 is 3.00 bits per heavy atom. The minimum Gasteiger partial charge on any atom is -0.469 e. The average Bonchev–Trinajstić information content (AvgIpc) is 2.78. The molecule has 0 bridgehead atoms. The second-order valence-corrected chi connectivity index (χ2v) is 4.12. The Hall–Kier alpha value is -1.29. The highest BCUT2D eigenvalue weighted by Gasteiger charge is 2.08. The summed E-state index contributed by atoms with van der Waals surface area (Å²) in [5.41, 5.74) is 1.08. The van der Waals surface area contributed by atoms with E-state index >= 15 is 0 Å². The fourth-order valence-corrected chi connectivity index (χ4v) is 2.20. The van der Waals surface area contributed by atoms with Gasteiger partial charge in [-0.05, 0) is 19.1 Å². The molecular weight excluding hydrogens is 196 g/mol. The van der Waals surface area contributed by atoms with E-state index in [2.05, 4.69) is 10.3 Å². The van der Waals surface area contributed by atoms with Gasteiger partial charge in [0.15, 0.2) is 5.13 Å². The minimum absolute atomic E-state index is 0.832. The standard InChI is InChI=1S/C10H12N2OS/c1-7-9(14-10(11-2)12-7)6-8-4-3-5-13-8/h3-5H,6H2,1-2H3,(H,11,12). The lowest BCUT2D eigenvalue weighted by atomic mass is 10.2. The zero-order valence-corrected chi connectivity index (χ0v) is 9.02. The summed E-state index contributed by atoms with van der Waals surface area (Å²) in [7, 11) is 1.88. The van der Waals surface area contributed by atoms with Gasteiger partial charge in [-0.15, -0.1) is 11.3 Å². The number of nitrogens with one attached hydrogen (secondary N) is 1. The van der Waals surface area contributed by atoms with Crippen LogP contribution in [0.15, 0.2) is 22.8 Å². The van der Waals surface area contributed by atoms with Gasteiger partial charge in [-0.25, -0.2) is 4.98 Å². The van der Waals surface area contributed by atoms with Crippen molar-refractivity contribution in [3.05, 3.63) is 34.7 Å². The van der Waals surface area contributed by atoms with Crippen LogP contribution in [0.5, 0.6) is 0 Å². The number of nitrogens with zero attached hydrogens (tertiary/aromatic N) is 1. The molecule has 0 atom stereocenters. The first-order valence-corrected chi connectivity index (χ1v) is 5.27. The van der Waals surface area contributed by atoms with Crippen LogP contribution in [0.3, 0.4) is 0 Å². The molecule has 0 saturated heterocycles. The largest absolute Gasteiger partial charge is 0.469 e. The molecule has 2 heterocycles. The lowest BCUT2D eigenvalue weighted by Crippen LogP contribution is -1.85. The first-order valence-electron chi connectivity index (χ1n) is 4.46. The van der Waals surface area contributed by atoms with E-state index in [-0.39, 0.29) is 0 Å². The van der Waals surface area contributed by atoms with Gasteiger partial charge in [-0.2, -0.15) is 0 Å². The molecule has 0 radical (unpaired) electrons. The molecule has 0 unspecified atom stereocenters. The van der Waals surface area contributed by atoms with Crippen molar-refractivity contribution in [2.75, 3.05) is 12.4 Å². The topological polar surface area (TPSA) is 38.1 Å². The van der Waals surface area contributed by atoms with Gasteiger partial charge in [-0.3, -0.25) is 0 Å². The van der Waals surface area contributed by atoms with Crippen LogP contribution in [-0.2, 0) is 6.42 Å². The SMILES string of the molecule is CNc1nc(C)c(Cc2ccco2)s1. The van der Waals surface area contributed by atoms with Gasteiger partial charge in [0.2, 0.25) is 0 Å². The third-order valence-electron chi connectivity index (χ3n) is 2.02. The van der Waals surface area contributed by atoms with Crippen molar-refractivity contribution in [3.63, 3.8) is 0 Å². The summed E-state index contributed by atoms with van der Waals surface area (Å²) in [5, 5.41) is 4.01. The predicted octanol–water partition coefficient (Wildman–Crippen LogP) is 2.68. The summed E-state index contributed by atoms with van der Waals surface area (Å²) in [6.45, 7) is 2.02.